The van der Waals surface area contributed by atoms with Crippen LogP contribution in [0.4, 0.5) is 0 Å². The van der Waals surface area contributed by atoms with Crippen LogP contribution in [0.25, 0.3) is 0 Å². The zero-order valence-electron chi connectivity index (χ0n) is 18.9. The number of rotatable bonds is 9. The van der Waals surface area contributed by atoms with Crippen molar-refractivity contribution in [2.45, 2.75) is 48.0 Å². The third-order valence-electron chi connectivity index (χ3n) is 5.52. The van der Waals surface area contributed by atoms with E-state index < -0.39 is 35.8 Å². The van der Waals surface area contributed by atoms with Crippen LogP contribution in [0.1, 0.15) is 11.1 Å². The Labute approximate surface area is 203 Å². The third-order valence-corrected chi connectivity index (χ3v) is 6.68. The maximum atomic E-state index is 12.5. The fraction of sp³-hybridized carbons (Fsp3) is 0.296. The van der Waals surface area contributed by atoms with Crippen LogP contribution in [0.3, 0.4) is 0 Å². The van der Waals surface area contributed by atoms with E-state index >= 15 is 0 Å². The Morgan fingerprint density at radius 2 is 1.32 bits per heavy atom. The predicted octanol–water partition coefficient (Wildman–Crippen LogP) is 4.21. The molecule has 1 fully saturated rings. The maximum absolute atomic E-state index is 12.5. The second kappa shape index (κ2) is 12.1. The van der Waals surface area contributed by atoms with Gasteiger partial charge in [-0.1, -0.05) is 90.6 Å². The minimum absolute atomic E-state index is 0.254. The van der Waals surface area contributed by atoms with Crippen molar-refractivity contribution in [3.05, 3.63) is 102 Å². The van der Waals surface area contributed by atoms with Gasteiger partial charge in [-0.3, -0.25) is 0 Å². The van der Waals surface area contributed by atoms with Crippen molar-refractivity contribution < 1.29 is 28.8 Å². The third kappa shape index (κ3) is 6.25. The first-order valence-corrected chi connectivity index (χ1v) is 12.0. The Balaban J connectivity index is 1.61. The molecule has 178 valence electrons. The van der Waals surface area contributed by atoms with E-state index in [9.17, 15) is 9.90 Å². The predicted molar refractivity (Wildman–Crippen MR) is 129 cm³/mol. The van der Waals surface area contributed by atoms with Crippen molar-refractivity contribution in [1.29, 1.82) is 0 Å². The van der Waals surface area contributed by atoms with E-state index in [0.717, 1.165) is 16.0 Å². The number of aliphatic hydroxyl groups is 1. The van der Waals surface area contributed by atoms with E-state index in [1.165, 1.54) is 18.9 Å². The summed E-state index contributed by atoms with van der Waals surface area (Å²) < 4.78 is 23.5. The van der Waals surface area contributed by atoms with Gasteiger partial charge in [0.15, 0.2) is 6.10 Å². The van der Waals surface area contributed by atoms with E-state index in [1.54, 1.807) is 0 Å². The van der Waals surface area contributed by atoms with Crippen molar-refractivity contribution in [2.75, 3.05) is 7.11 Å². The molecule has 5 unspecified atom stereocenters. The Kier molecular flexibility index (Phi) is 8.73. The lowest BCUT2D eigenvalue weighted by Gasteiger charge is -2.43. The second-order valence-corrected chi connectivity index (χ2v) is 9.06. The van der Waals surface area contributed by atoms with Gasteiger partial charge in [0.25, 0.3) is 0 Å². The number of hydrogen-bond acceptors (Lipinski definition) is 7. The van der Waals surface area contributed by atoms with Gasteiger partial charge in [0.2, 0.25) is 0 Å². The highest BCUT2D eigenvalue weighted by atomic mass is 32.2. The Morgan fingerprint density at radius 3 is 1.85 bits per heavy atom. The normalized spacial score (nSPS) is 24.5. The van der Waals surface area contributed by atoms with Crippen LogP contribution in [-0.4, -0.2) is 48.0 Å². The SMILES string of the molecule is COC(=O)C1OC(Sc2ccccc2)C(OCc2ccccc2)C(OCc2ccccc2)C1O. The van der Waals surface area contributed by atoms with Crippen molar-refractivity contribution in [3.63, 3.8) is 0 Å². The fourth-order valence-electron chi connectivity index (χ4n) is 3.76. The van der Waals surface area contributed by atoms with Crippen LogP contribution in [0, 0.1) is 0 Å². The van der Waals surface area contributed by atoms with Crippen LogP contribution in [0.5, 0.6) is 0 Å². The molecule has 1 saturated heterocycles. The average Bonchev–Trinajstić information content (AvgIpc) is 2.89. The number of benzene rings is 3. The first-order valence-electron chi connectivity index (χ1n) is 11.1. The molecule has 0 saturated carbocycles. The number of carbonyl (C=O) groups excluding carboxylic acids is 1. The average molecular weight is 481 g/mol. The molecule has 5 atom stereocenters. The van der Waals surface area contributed by atoms with Gasteiger partial charge >= 0.3 is 5.97 Å². The number of ether oxygens (including phenoxy) is 4. The van der Waals surface area contributed by atoms with Gasteiger partial charge in [0, 0.05) is 4.90 Å². The molecular weight excluding hydrogens is 452 g/mol. The molecule has 4 rings (SSSR count). The summed E-state index contributed by atoms with van der Waals surface area (Å²) in [4.78, 5) is 13.4. The highest BCUT2D eigenvalue weighted by molar-refractivity contribution is 7.99. The molecule has 3 aromatic rings. The van der Waals surface area contributed by atoms with E-state index in [2.05, 4.69) is 0 Å². The smallest absolute Gasteiger partial charge is 0.337 e. The fourth-order valence-corrected chi connectivity index (χ4v) is 4.89. The minimum Gasteiger partial charge on any atom is -0.467 e. The Morgan fingerprint density at radius 1 is 0.824 bits per heavy atom. The Hall–Kier alpha value is -2.68. The van der Waals surface area contributed by atoms with Crippen LogP contribution in [-0.2, 0) is 37.0 Å². The van der Waals surface area contributed by atoms with Gasteiger partial charge in [-0.25, -0.2) is 4.79 Å². The largest absolute Gasteiger partial charge is 0.467 e. The number of carbonyl (C=O) groups is 1. The lowest BCUT2D eigenvalue weighted by molar-refractivity contribution is -0.236. The highest BCUT2D eigenvalue weighted by Gasteiger charge is 2.50. The zero-order valence-corrected chi connectivity index (χ0v) is 19.7. The number of hydrogen-bond donors (Lipinski definition) is 1. The topological polar surface area (TPSA) is 74.2 Å². The number of aliphatic hydroxyl groups excluding tert-OH is 1. The summed E-state index contributed by atoms with van der Waals surface area (Å²) >= 11 is 1.42. The van der Waals surface area contributed by atoms with Crippen LogP contribution < -0.4 is 0 Å². The van der Waals surface area contributed by atoms with E-state index in [1.807, 2.05) is 91.0 Å². The number of methoxy groups -OCH3 is 1. The summed E-state index contributed by atoms with van der Waals surface area (Å²) in [5, 5.41) is 11.1. The maximum Gasteiger partial charge on any atom is 0.337 e. The van der Waals surface area contributed by atoms with E-state index in [0.29, 0.717) is 6.61 Å². The molecule has 1 N–H and O–H groups in total. The molecule has 1 heterocycles. The molecule has 7 heteroatoms. The molecule has 0 radical (unpaired) electrons. The summed E-state index contributed by atoms with van der Waals surface area (Å²) in [5.74, 6) is -0.652. The van der Waals surface area contributed by atoms with Gasteiger partial charge in [-0.15, -0.1) is 0 Å². The molecular formula is C27H28O6S. The van der Waals surface area contributed by atoms with Crippen molar-refractivity contribution in [1.82, 2.24) is 0 Å². The monoisotopic (exact) mass is 480 g/mol. The zero-order chi connectivity index (χ0) is 23.8. The number of esters is 1. The summed E-state index contributed by atoms with van der Waals surface area (Å²) in [6.45, 7) is 0.561. The summed E-state index contributed by atoms with van der Waals surface area (Å²) in [7, 11) is 1.27. The van der Waals surface area contributed by atoms with Crippen molar-refractivity contribution >= 4 is 17.7 Å². The van der Waals surface area contributed by atoms with Crippen LogP contribution in [0.2, 0.25) is 0 Å². The second-order valence-electron chi connectivity index (χ2n) is 7.89. The molecule has 1 aliphatic heterocycles. The van der Waals surface area contributed by atoms with Crippen molar-refractivity contribution in [3.8, 4) is 0 Å². The summed E-state index contributed by atoms with van der Waals surface area (Å²) in [6.07, 6.45) is -3.92. The van der Waals surface area contributed by atoms with Gasteiger partial charge in [-0.05, 0) is 23.3 Å². The summed E-state index contributed by atoms with van der Waals surface area (Å²) in [5.41, 5.74) is 1.32. The summed E-state index contributed by atoms with van der Waals surface area (Å²) in [6, 6.07) is 29.1. The molecule has 1 aliphatic rings. The number of thioether (sulfide) groups is 1. The molecule has 0 spiro atoms. The molecule has 34 heavy (non-hydrogen) atoms. The first-order chi connectivity index (χ1) is 16.7. The molecule has 0 amide bonds. The van der Waals surface area contributed by atoms with Gasteiger partial charge < -0.3 is 24.1 Å². The standard InChI is InChI=1S/C27H28O6S/c1-30-26(29)24-22(28)23(31-17-19-11-5-2-6-12-19)25(32-18-20-13-7-3-8-14-20)27(33-24)34-21-15-9-4-10-16-21/h2-16,22-25,27-28H,17-18H2,1H3. The lowest BCUT2D eigenvalue weighted by atomic mass is 9.99. The molecule has 6 nitrogen and oxygen atoms in total. The highest BCUT2D eigenvalue weighted by Crippen LogP contribution is 2.37. The quantitative estimate of drug-likeness (QED) is 0.460. The molecule has 0 aromatic heterocycles. The molecule has 0 aliphatic carbocycles. The van der Waals surface area contributed by atoms with Crippen LogP contribution >= 0.6 is 11.8 Å². The lowest BCUT2D eigenvalue weighted by Crippen LogP contribution is -2.60. The molecule has 0 bridgehead atoms. The Bertz CT molecular complexity index is 1020. The minimum atomic E-state index is -1.26. The van der Waals surface area contributed by atoms with Crippen molar-refractivity contribution in [2.24, 2.45) is 0 Å². The molecule has 3 aromatic carbocycles. The van der Waals surface area contributed by atoms with Crippen LogP contribution in [0.15, 0.2) is 95.9 Å². The van der Waals surface area contributed by atoms with Gasteiger partial charge in [-0.2, -0.15) is 0 Å². The van der Waals surface area contributed by atoms with E-state index in [-0.39, 0.29) is 6.61 Å². The van der Waals surface area contributed by atoms with E-state index in [4.69, 9.17) is 18.9 Å². The van der Waals surface area contributed by atoms with Gasteiger partial charge in [0.1, 0.15) is 23.7 Å². The van der Waals surface area contributed by atoms with Gasteiger partial charge in [0.05, 0.1) is 20.3 Å². The first kappa shape index (κ1) is 24.4.